The highest BCUT2D eigenvalue weighted by molar-refractivity contribution is 7.26. The van der Waals surface area contributed by atoms with E-state index in [2.05, 4.69) is 183 Å². The second-order valence-corrected chi connectivity index (χ2v) is 14.8. The molecule has 1 heterocycles. The molecule has 9 aromatic rings. The Labute approximate surface area is 290 Å². The van der Waals surface area contributed by atoms with Crippen LogP contribution in [-0.2, 0) is 5.41 Å². The van der Waals surface area contributed by atoms with Crippen molar-refractivity contribution >= 4 is 70.1 Å². The lowest BCUT2D eigenvalue weighted by Gasteiger charge is -2.29. The Bertz CT molecular complexity index is 2730. The molecule has 0 fully saturated rings. The summed E-state index contributed by atoms with van der Waals surface area (Å²) >= 11 is 1.91. The van der Waals surface area contributed by atoms with E-state index in [-0.39, 0.29) is 5.41 Å². The van der Waals surface area contributed by atoms with Gasteiger partial charge < -0.3 is 4.90 Å². The number of fused-ring (bicyclic) bond motifs is 10. The lowest BCUT2D eigenvalue weighted by Crippen LogP contribution is -2.15. The number of nitrogens with zero attached hydrogens (tertiary/aromatic N) is 1. The zero-order valence-corrected chi connectivity index (χ0v) is 28.3. The first kappa shape index (κ1) is 28.3. The van der Waals surface area contributed by atoms with E-state index in [1.807, 2.05) is 11.3 Å². The maximum absolute atomic E-state index is 2.47. The van der Waals surface area contributed by atoms with Gasteiger partial charge in [0.2, 0.25) is 0 Å². The SMILES string of the molecule is CC1(C)c2ccccc2-c2cc(N(c3ccc(-c4ccccc4)cc3)c3cc4ccc5c6ccccc6sc5c4c4ccccc34)ccc21. The largest absolute Gasteiger partial charge is 0.310 e. The van der Waals surface area contributed by atoms with Gasteiger partial charge in [0.1, 0.15) is 0 Å². The van der Waals surface area contributed by atoms with E-state index in [9.17, 15) is 0 Å². The summed E-state index contributed by atoms with van der Waals surface area (Å²) in [4.78, 5) is 2.47. The number of rotatable bonds is 4. The highest BCUT2D eigenvalue weighted by atomic mass is 32.1. The summed E-state index contributed by atoms with van der Waals surface area (Å²) < 4.78 is 2.69. The molecule has 0 spiro atoms. The van der Waals surface area contributed by atoms with E-state index in [0.717, 1.165) is 11.4 Å². The minimum Gasteiger partial charge on any atom is -0.310 e. The van der Waals surface area contributed by atoms with Crippen molar-refractivity contribution in [1.82, 2.24) is 0 Å². The van der Waals surface area contributed by atoms with Gasteiger partial charge in [0, 0.05) is 47.7 Å². The molecule has 0 aliphatic heterocycles. The fraction of sp³-hybridized carbons (Fsp3) is 0.0638. The second-order valence-electron chi connectivity index (χ2n) is 13.7. The highest BCUT2D eigenvalue weighted by Crippen LogP contribution is 2.52. The lowest BCUT2D eigenvalue weighted by atomic mass is 9.82. The van der Waals surface area contributed by atoms with Crippen molar-refractivity contribution in [3.8, 4) is 22.3 Å². The fourth-order valence-electron chi connectivity index (χ4n) is 8.24. The molecule has 0 saturated heterocycles. The topological polar surface area (TPSA) is 3.24 Å². The molecule has 0 bridgehead atoms. The smallest absolute Gasteiger partial charge is 0.0546 e. The van der Waals surface area contributed by atoms with E-state index in [1.54, 1.807) is 0 Å². The zero-order chi connectivity index (χ0) is 32.7. The third-order valence-corrected chi connectivity index (χ3v) is 11.8. The van der Waals surface area contributed by atoms with Gasteiger partial charge in [-0.3, -0.25) is 0 Å². The van der Waals surface area contributed by atoms with E-state index in [4.69, 9.17) is 0 Å². The first-order chi connectivity index (χ1) is 24.1. The van der Waals surface area contributed by atoms with Crippen molar-refractivity contribution < 1.29 is 0 Å². The van der Waals surface area contributed by atoms with Gasteiger partial charge in [-0.05, 0) is 80.6 Å². The van der Waals surface area contributed by atoms with Crippen LogP contribution in [0.2, 0.25) is 0 Å². The number of benzene rings is 8. The third-order valence-electron chi connectivity index (χ3n) is 10.6. The van der Waals surface area contributed by atoms with Crippen LogP contribution in [0, 0.1) is 0 Å². The quantitative estimate of drug-likeness (QED) is 0.173. The predicted molar refractivity (Wildman–Crippen MR) is 212 cm³/mol. The van der Waals surface area contributed by atoms with Gasteiger partial charge in [-0.25, -0.2) is 0 Å². The van der Waals surface area contributed by atoms with Crippen molar-refractivity contribution in [2.75, 3.05) is 4.90 Å². The van der Waals surface area contributed by atoms with Crippen molar-refractivity contribution in [2.24, 2.45) is 0 Å². The first-order valence-electron chi connectivity index (χ1n) is 17.0. The number of thiophene rings is 1. The summed E-state index contributed by atoms with van der Waals surface area (Å²) in [6.45, 7) is 4.70. The Balaban J connectivity index is 1.24. The molecule has 1 aliphatic carbocycles. The van der Waals surface area contributed by atoms with Crippen molar-refractivity contribution in [1.29, 1.82) is 0 Å². The van der Waals surface area contributed by atoms with Gasteiger partial charge in [-0.2, -0.15) is 0 Å². The molecular weight excluding hydrogens is 611 g/mol. The maximum atomic E-state index is 2.47. The average molecular weight is 644 g/mol. The molecule has 1 nitrogen and oxygen atoms in total. The van der Waals surface area contributed by atoms with Crippen LogP contribution in [0.5, 0.6) is 0 Å². The van der Waals surface area contributed by atoms with Crippen LogP contribution in [-0.4, -0.2) is 0 Å². The summed E-state index contributed by atoms with van der Waals surface area (Å²) in [5.41, 5.74) is 11.3. The van der Waals surface area contributed by atoms with Crippen LogP contribution < -0.4 is 4.90 Å². The van der Waals surface area contributed by atoms with Crippen molar-refractivity contribution in [3.63, 3.8) is 0 Å². The fourth-order valence-corrected chi connectivity index (χ4v) is 9.52. The normalized spacial score (nSPS) is 13.3. The predicted octanol–water partition coefficient (Wildman–Crippen LogP) is 13.8. The molecule has 0 atom stereocenters. The molecule has 49 heavy (non-hydrogen) atoms. The minimum atomic E-state index is -0.0438. The second kappa shape index (κ2) is 10.7. The Morgan fingerprint density at radius 1 is 0.469 bits per heavy atom. The first-order valence-corrected chi connectivity index (χ1v) is 17.8. The van der Waals surface area contributed by atoms with Crippen molar-refractivity contribution in [2.45, 2.75) is 19.3 Å². The molecule has 8 aromatic carbocycles. The molecule has 0 N–H and O–H groups in total. The van der Waals surface area contributed by atoms with Crippen LogP contribution in [0.1, 0.15) is 25.0 Å². The Morgan fingerprint density at radius 3 is 1.96 bits per heavy atom. The van der Waals surface area contributed by atoms with E-state index < -0.39 is 0 Å². The molecule has 0 unspecified atom stereocenters. The third kappa shape index (κ3) is 4.24. The van der Waals surface area contributed by atoms with Crippen LogP contribution in [0.15, 0.2) is 164 Å². The summed E-state index contributed by atoms with van der Waals surface area (Å²) in [5.74, 6) is 0. The summed E-state index contributed by atoms with van der Waals surface area (Å²) in [6, 6.07) is 60.6. The molecule has 2 heteroatoms. The molecule has 0 radical (unpaired) electrons. The summed E-state index contributed by atoms with van der Waals surface area (Å²) in [6.07, 6.45) is 0. The van der Waals surface area contributed by atoms with Gasteiger partial charge in [0.15, 0.2) is 0 Å². The van der Waals surface area contributed by atoms with Gasteiger partial charge in [-0.15, -0.1) is 11.3 Å². The molecular formula is C47H33NS. The maximum Gasteiger partial charge on any atom is 0.0546 e. The molecule has 0 saturated carbocycles. The van der Waals surface area contributed by atoms with Gasteiger partial charge >= 0.3 is 0 Å². The van der Waals surface area contributed by atoms with Gasteiger partial charge in [0.05, 0.1) is 5.69 Å². The van der Waals surface area contributed by atoms with Crippen LogP contribution in [0.3, 0.4) is 0 Å². The summed E-state index contributed by atoms with van der Waals surface area (Å²) in [7, 11) is 0. The van der Waals surface area contributed by atoms with E-state index >= 15 is 0 Å². The minimum absolute atomic E-state index is 0.0438. The lowest BCUT2D eigenvalue weighted by molar-refractivity contribution is 0.660. The Morgan fingerprint density at radius 2 is 1.12 bits per heavy atom. The van der Waals surface area contributed by atoms with Crippen LogP contribution >= 0.6 is 11.3 Å². The monoisotopic (exact) mass is 643 g/mol. The Kier molecular flexibility index (Phi) is 6.16. The number of hydrogen-bond acceptors (Lipinski definition) is 2. The van der Waals surface area contributed by atoms with Crippen LogP contribution in [0.4, 0.5) is 17.1 Å². The standard InChI is InChI=1S/C47H33NS/c1-47(2)41-18-10-8-14-35(41)40-29-34(25-27-42(40)47)48(33-23-20-31(21-24-33)30-12-4-3-5-13-30)43-28-32-22-26-39-37-16-9-11-19-44(37)49-46(39)45(32)38-17-7-6-15-36(38)43/h3-29H,1-2H3. The molecule has 232 valence electrons. The van der Waals surface area contributed by atoms with Gasteiger partial charge in [0.25, 0.3) is 0 Å². The molecule has 10 rings (SSSR count). The molecule has 0 amide bonds. The molecule has 1 aliphatic rings. The summed E-state index contributed by atoms with van der Waals surface area (Å²) in [5, 5.41) is 7.78. The van der Waals surface area contributed by atoms with E-state index in [0.29, 0.717) is 0 Å². The average Bonchev–Trinajstić information content (AvgIpc) is 3.64. The molecule has 1 aromatic heterocycles. The van der Waals surface area contributed by atoms with Gasteiger partial charge in [-0.1, -0.05) is 141 Å². The zero-order valence-electron chi connectivity index (χ0n) is 27.4. The van der Waals surface area contributed by atoms with Crippen LogP contribution in [0.25, 0.3) is 64.0 Å². The number of hydrogen-bond donors (Lipinski definition) is 0. The van der Waals surface area contributed by atoms with Crippen molar-refractivity contribution in [3.05, 3.63) is 175 Å². The Hall–Kier alpha value is -5.70. The number of anilines is 3. The highest BCUT2D eigenvalue weighted by Gasteiger charge is 2.35. The van der Waals surface area contributed by atoms with E-state index in [1.165, 1.54) is 80.8 Å².